The molecule has 1 amide bonds. The summed E-state index contributed by atoms with van der Waals surface area (Å²) in [6.07, 6.45) is 4.69. The average molecular weight is 295 g/mol. The molecule has 114 valence electrons. The maximum Gasteiger partial charge on any atom is 0.387 e. The van der Waals surface area contributed by atoms with Crippen LogP contribution in [0, 0.1) is 17.8 Å². The number of fused-ring (bicyclic) bond motifs is 2. The molecule has 0 radical (unpaired) electrons. The Kier molecular flexibility index (Phi) is 4.08. The zero-order valence-corrected chi connectivity index (χ0v) is 11.7. The van der Waals surface area contributed by atoms with Crippen LogP contribution in [-0.4, -0.2) is 12.5 Å². The molecule has 0 saturated heterocycles. The van der Waals surface area contributed by atoms with E-state index in [0.717, 1.165) is 17.9 Å². The highest BCUT2D eigenvalue weighted by molar-refractivity contribution is 5.79. The molecule has 0 heterocycles. The van der Waals surface area contributed by atoms with Gasteiger partial charge in [-0.1, -0.05) is 18.6 Å². The van der Waals surface area contributed by atoms with E-state index >= 15 is 0 Å². The van der Waals surface area contributed by atoms with Gasteiger partial charge >= 0.3 is 6.61 Å². The van der Waals surface area contributed by atoms with Crippen LogP contribution in [0.2, 0.25) is 0 Å². The minimum Gasteiger partial charge on any atom is -0.435 e. The lowest BCUT2D eigenvalue weighted by molar-refractivity contribution is -0.126. The van der Waals surface area contributed by atoms with Gasteiger partial charge in [0.25, 0.3) is 0 Å². The summed E-state index contributed by atoms with van der Waals surface area (Å²) in [5.41, 5.74) is 0.883. The van der Waals surface area contributed by atoms with Crippen molar-refractivity contribution < 1.29 is 18.3 Å². The maximum absolute atomic E-state index is 12.2. The standard InChI is InChI=1S/C16H19F2NO2/c17-16(18)21-13-5-2-10(3-6-13)9-19-15(20)14-8-11-1-4-12(14)7-11/h2-3,5-6,11-12,14,16H,1,4,7-9H2,(H,19,20). The Morgan fingerprint density at radius 2 is 2.00 bits per heavy atom. The summed E-state index contributed by atoms with van der Waals surface area (Å²) >= 11 is 0. The number of ether oxygens (including phenoxy) is 1. The lowest BCUT2D eigenvalue weighted by Crippen LogP contribution is -2.33. The van der Waals surface area contributed by atoms with Crippen molar-refractivity contribution in [3.63, 3.8) is 0 Å². The lowest BCUT2D eigenvalue weighted by Gasteiger charge is -2.20. The Bertz CT molecular complexity index is 504. The highest BCUT2D eigenvalue weighted by Gasteiger charge is 2.42. The van der Waals surface area contributed by atoms with Gasteiger partial charge in [-0.25, -0.2) is 0 Å². The number of halogens is 2. The zero-order chi connectivity index (χ0) is 14.8. The average Bonchev–Trinajstić information content (AvgIpc) is 3.08. The summed E-state index contributed by atoms with van der Waals surface area (Å²) in [5, 5.41) is 2.96. The van der Waals surface area contributed by atoms with Crippen LogP contribution in [0.5, 0.6) is 5.75 Å². The molecule has 2 aliphatic carbocycles. The first-order valence-corrected chi connectivity index (χ1v) is 7.43. The maximum atomic E-state index is 12.2. The molecule has 3 nitrogen and oxygen atoms in total. The van der Waals surface area contributed by atoms with Crippen molar-refractivity contribution in [2.24, 2.45) is 17.8 Å². The first-order valence-electron chi connectivity index (χ1n) is 7.43. The normalized spacial score (nSPS) is 27.1. The van der Waals surface area contributed by atoms with Crippen molar-refractivity contribution >= 4 is 5.91 Å². The molecule has 21 heavy (non-hydrogen) atoms. The molecule has 5 heteroatoms. The molecule has 2 bridgehead atoms. The first-order chi connectivity index (χ1) is 10.1. The summed E-state index contributed by atoms with van der Waals surface area (Å²) in [5.74, 6) is 1.75. The van der Waals surface area contributed by atoms with Gasteiger partial charge in [0.05, 0.1) is 0 Å². The Morgan fingerprint density at radius 1 is 1.24 bits per heavy atom. The van der Waals surface area contributed by atoms with Crippen molar-refractivity contribution in [2.45, 2.75) is 38.8 Å². The van der Waals surface area contributed by atoms with Crippen molar-refractivity contribution in [3.8, 4) is 5.75 Å². The quantitative estimate of drug-likeness (QED) is 0.904. The van der Waals surface area contributed by atoms with Crippen LogP contribution in [0.3, 0.4) is 0 Å². The van der Waals surface area contributed by atoms with Gasteiger partial charge in [0, 0.05) is 12.5 Å². The van der Waals surface area contributed by atoms with E-state index in [1.54, 1.807) is 12.1 Å². The van der Waals surface area contributed by atoms with E-state index < -0.39 is 6.61 Å². The largest absolute Gasteiger partial charge is 0.435 e. The van der Waals surface area contributed by atoms with Crippen molar-refractivity contribution in [2.75, 3.05) is 0 Å². The number of nitrogens with one attached hydrogen (secondary N) is 1. The highest BCUT2D eigenvalue weighted by Crippen LogP contribution is 2.48. The zero-order valence-electron chi connectivity index (χ0n) is 11.7. The fourth-order valence-electron chi connectivity index (χ4n) is 3.67. The molecular weight excluding hydrogens is 276 g/mol. The number of amides is 1. The molecule has 3 atom stereocenters. The Hall–Kier alpha value is -1.65. The van der Waals surface area contributed by atoms with Crippen LogP contribution in [0.1, 0.15) is 31.2 Å². The van der Waals surface area contributed by atoms with Crippen LogP contribution >= 0.6 is 0 Å². The van der Waals surface area contributed by atoms with Crippen molar-refractivity contribution in [3.05, 3.63) is 29.8 Å². The molecule has 0 aliphatic heterocycles. The van der Waals surface area contributed by atoms with Gasteiger partial charge in [-0.2, -0.15) is 8.78 Å². The third kappa shape index (κ3) is 3.34. The van der Waals surface area contributed by atoms with Crippen LogP contribution in [-0.2, 0) is 11.3 Å². The molecule has 1 aromatic rings. The minimum atomic E-state index is -2.81. The summed E-state index contributed by atoms with van der Waals surface area (Å²) in [4.78, 5) is 12.2. The Labute approximate surface area is 122 Å². The van der Waals surface area contributed by atoms with E-state index in [1.807, 2.05) is 0 Å². The monoisotopic (exact) mass is 295 g/mol. The van der Waals surface area contributed by atoms with Gasteiger partial charge in [-0.05, 0) is 48.8 Å². The molecule has 0 spiro atoms. The van der Waals surface area contributed by atoms with E-state index in [9.17, 15) is 13.6 Å². The van der Waals surface area contributed by atoms with Crippen LogP contribution < -0.4 is 10.1 Å². The number of rotatable bonds is 5. The topological polar surface area (TPSA) is 38.3 Å². The number of benzene rings is 1. The Morgan fingerprint density at radius 3 is 2.57 bits per heavy atom. The van der Waals surface area contributed by atoms with Gasteiger partial charge in [-0.3, -0.25) is 4.79 Å². The van der Waals surface area contributed by atoms with Crippen molar-refractivity contribution in [1.82, 2.24) is 5.32 Å². The molecule has 2 saturated carbocycles. The number of alkyl halides is 2. The highest BCUT2D eigenvalue weighted by atomic mass is 19.3. The molecule has 1 aromatic carbocycles. The first kappa shape index (κ1) is 14.3. The van der Waals surface area contributed by atoms with E-state index in [0.29, 0.717) is 12.5 Å². The second-order valence-corrected chi connectivity index (χ2v) is 6.02. The third-order valence-electron chi connectivity index (χ3n) is 4.69. The van der Waals surface area contributed by atoms with E-state index in [-0.39, 0.29) is 17.6 Å². The predicted octanol–water partition coefficient (Wildman–Crippen LogP) is 3.34. The van der Waals surface area contributed by atoms with Gasteiger partial charge < -0.3 is 10.1 Å². The lowest BCUT2D eigenvalue weighted by atomic mass is 9.88. The summed E-state index contributed by atoms with van der Waals surface area (Å²) in [6.45, 7) is -2.38. The number of hydrogen-bond acceptors (Lipinski definition) is 2. The SMILES string of the molecule is O=C(NCc1ccc(OC(F)F)cc1)C1CC2CCC1C2. The predicted molar refractivity (Wildman–Crippen MR) is 73.9 cm³/mol. The fraction of sp³-hybridized carbons (Fsp3) is 0.562. The molecule has 2 aliphatic rings. The smallest absolute Gasteiger partial charge is 0.387 e. The van der Waals surface area contributed by atoms with Crippen LogP contribution in [0.15, 0.2) is 24.3 Å². The van der Waals surface area contributed by atoms with E-state index in [4.69, 9.17) is 0 Å². The number of carbonyl (C=O) groups is 1. The number of carbonyl (C=O) groups excluding carboxylic acids is 1. The summed E-state index contributed by atoms with van der Waals surface area (Å²) in [6, 6.07) is 6.37. The molecule has 2 fully saturated rings. The van der Waals surface area contributed by atoms with E-state index in [1.165, 1.54) is 31.4 Å². The molecular formula is C16H19F2NO2. The van der Waals surface area contributed by atoms with Crippen molar-refractivity contribution in [1.29, 1.82) is 0 Å². The van der Waals surface area contributed by atoms with Gasteiger partial charge in [-0.15, -0.1) is 0 Å². The Balaban J connectivity index is 1.49. The van der Waals surface area contributed by atoms with Crippen LogP contribution in [0.25, 0.3) is 0 Å². The van der Waals surface area contributed by atoms with Gasteiger partial charge in [0.2, 0.25) is 5.91 Å². The second kappa shape index (κ2) is 6.00. The van der Waals surface area contributed by atoms with E-state index in [2.05, 4.69) is 10.1 Å². The third-order valence-corrected chi connectivity index (χ3v) is 4.69. The minimum absolute atomic E-state index is 0.133. The number of hydrogen-bond donors (Lipinski definition) is 1. The molecule has 1 N–H and O–H groups in total. The molecule has 3 rings (SSSR count). The fourth-order valence-corrected chi connectivity index (χ4v) is 3.67. The van der Waals surface area contributed by atoms with Gasteiger partial charge in [0.15, 0.2) is 0 Å². The molecule has 0 aromatic heterocycles. The molecule has 3 unspecified atom stereocenters. The van der Waals surface area contributed by atoms with Crippen LogP contribution in [0.4, 0.5) is 8.78 Å². The summed E-state index contributed by atoms with van der Waals surface area (Å²) in [7, 11) is 0. The van der Waals surface area contributed by atoms with Gasteiger partial charge in [0.1, 0.15) is 5.75 Å². The summed E-state index contributed by atoms with van der Waals surface area (Å²) < 4.78 is 28.4. The second-order valence-electron chi connectivity index (χ2n) is 6.02.